The summed E-state index contributed by atoms with van der Waals surface area (Å²) in [6.45, 7) is 3.95. The van der Waals surface area contributed by atoms with Gasteiger partial charge >= 0.3 is 6.09 Å². The van der Waals surface area contributed by atoms with Gasteiger partial charge < -0.3 is 9.72 Å². The quantitative estimate of drug-likeness (QED) is 0.660. The molecule has 4 amide bonds. The third-order valence-electron chi connectivity index (χ3n) is 8.16. The van der Waals surface area contributed by atoms with Crippen LogP contribution in [0.4, 0.5) is 4.79 Å². The maximum Gasteiger partial charge on any atom is 0.424 e. The lowest BCUT2D eigenvalue weighted by Crippen LogP contribution is -2.63. The van der Waals surface area contributed by atoms with Crippen LogP contribution in [0.2, 0.25) is 0 Å². The van der Waals surface area contributed by atoms with Gasteiger partial charge in [-0.15, -0.1) is 0 Å². The van der Waals surface area contributed by atoms with Crippen molar-refractivity contribution in [3.8, 4) is 0 Å². The summed E-state index contributed by atoms with van der Waals surface area (Å²) in [4.78, 5) is 60.9. The number of para-hydroxylation sites is 1. The van der Waals surface area contributed by atoms with E-state index in [9.17, 15) is 19.2 Å². The third kappa shape index (κ3) is 2.90. The molecule has 3 fully saturated rings. The lowest BCUT2D eigenvalue weighted by molar-refractivity contribution is -0.133. The van der Waals surface area contributed by atoms with Crippen LogP contribution in [0.5, 0.6) is 0 Å². The summed E-state index contributed by atoms with van der Waals surface area (Å²) >= 11 is 0. The van der Waals surface area contributed by atoms with Crippen molar-refractivity contribution in [2.45, 2.75) is 45.1 Å². The number of nitrogens with zero attached hydrogens (tertiary/aromatic N) is 2. The van der Waals surface area contributed by atoms with Gasteiger partial charge in [0.15, 0.2) is 0 Å². The summed E-state index contributed by atoms with van der Waals surface area (Å²) in [5, 5.41) is 3.57. The number of imide groups is 2. The highest BCUT2D eigenvalue weighted by Gasteiger charge is 2.67. The smallest absolute Gasteiger partial charge is 0.393 e. The standard InChI is InChI=1S/C26H26N4O5/c1-3-14-16-8-9-17-19(22(32)29-21(17)31)20(16)26(2)24(35-25(34)30(26)23(14)33)27-11-10-13-12-28-18-7-5-4-6-15(13)18/h4-7,12,17,19-20,28H,3,8-11H2,1-2H3,(H,29,31,32)/t17-,19-,20+,26+/m1/s1. The molecule has 1 saturated carbocycles. The first-order valence-corrected chi connectivity index (χ1v) is 12.1. The van der Waals surface area contributed by atoms with Crippen molar-refractivity contribution in [1.82, 2.24) is 15.2 Å². The molecule has 3 aliphatic heterocycles. The van der Waals surface area contributed by atoms with Crippen molar-refractivity contribution in [3.63, 3.8) is 0 Å². The van der Waals surface area contributed by atoms with E-state index in [1.807, 2.05) is 37.4 Å². The zero-order valence-electron chi connectivity index (χ0n) is 19.6. The number of aromatic amines is 1. The lowest BCUT2D eigenvalue weighted by Gasteiger charge is -2.48. The number of amides is 4. The maximum atomic E-state index is 13.4. The summed E-state index contributed by atoms with van der Waals surface area (Å²) in [5.74, 6) is -2.58. The molecule has 1 aliphatic carbocycles. The molecule has 9 heteroatoms. The fourth-order valence-corrected chi connectivity index (χ4v) is 6.59. The molecule has 2 saturated heterocycles. The van der Waals surface area contributed by atoms with E-state index >= 15 is 0 Å². The molecule has 6 rings (SSSR count). The first-order valence-electron chi connectivity index (χ1n) is 12.1. The molecule has 0 radical (unpaired) electrons. The van der Waals surface area contributed by atoms with E-state index in [2.05, 4.69) is 15.3 Å². The van der Waals surface area contributed by atoms with Crippen LogP contribution in [0, 0.1) is 17.8 Å². The van der Waals surface area contributed by atoms with Gasteiger partial charge in [0.1, 0.15) is 5.54 Å². The van der Waals surface area contributed by atoms with E-state index in [0.717, 1.165) is 26.9 Å². The predicted octanol–water partition coefficient (Wildman–Crippen LogP) is 2.87. The van der Waals surface area contributed by atoms with Gasteiger partial charge in [-0.2, -0.15) is 0 Å². The molecular weight excluding hydrogens is 448 g/mol. The number of carbonyl (C=O) groups excluding carboxylic acids is 4. The molecule has 0 spiro atoms. The van der Waals surface area contributed by atoms with Crippen LogP contribution in [0.1, 0.15) is 38.7 Å². The van der Waals surface area contributed by atoms with Crippen molar-refractivity contribution >= 4 is 40.6 Å². The Hall–Kier alpha value is -3.75. The molecule has 0 unspecified atom stereocenters. The van der Waals surface area contributed by atoms with E-state index in [0.29, 0.717) is 37.8 Å². The van der Waals surface area contributed by atoms with E-state index in [1.54, 1.807) is 6.92 Å². The van der Waals surface area contributed by atoms with Crippen LogP contribution in [0.15, 0.2) is 46.6 Å². The third-order valence-corrected chi connectivity index (χ3v) is 8.16. The van der Waals surface area contributed by atoms with Gasteiger partial charge in [0.2, 0.25) is 17.7 Å². The number of H-pyrrole nitrogens is 1. The Morgan fingerprint density at radius 2 is 1.97 bits per heavy atom. The molecule has 0 bridgehead atoms. The van der Waals surface area contributed by atoms with Crippen molar-refractivity contribution < 1.29 is 23.9 Å². The number of ether oxygens (including phenoxy) is 1. The fraction of sp³-hybridized carbons (Fsp3) is 0.423. The predicted molar refractivity (Wildman–Crippen MR) is 126 cm³/mol. The Bertz CT molecular complexity index is 1370. The number of cyclic esters (lactones) is 1. The summed E-state index contributed by atoms with van der Waals surface area (Å²) in [7, 11) is 0. The van der Waals surface area contributed by atoms with Crippen molar-refractivity contribution in [2.75, 3.05) is 6.54 Å². The largest absolute Gasteiger partial charge is 0.424 e. The summed E-state index contributed by atoms with van der Waals surface area (Å²) in [5.41, 5.74) is 2.25. The van der Waals surface area contributed by atoms with Crippen LogP contribution >= 0.6 is 0 Å². The Balaban J connectivity index is 1.41. The van der Waals surface area contributed by atoms with Crippen molar-refractivity contribution in [1.29, 1.82) is 0 Å². The van der Waals surface area contributed by atoms with Gasteiger partial charge in [0.25, 0.3) is 5.91 Å². The topological polar surface area (TPSA) is 121 Å². The van der Waals surface area contributed by atoms with Gasteiger partial charge in [-0.3, -0.25) is 24.7 Å². The van der Waals surface area contributed by atoms with Gasteiger partial charge in [-0.1, -0.05) is 30.7 Å². The van der Waals surface area contributed by atoms with Crippen molar-refractivity contribution in [3.05, 3.63) is 47.2 Å². The second-order valence-corrected chi connectivity index (χ2v) is 9.81. The number of rotatable bonds is 4. The van der Waals surface area contributed by atoms with E-state index < -0.39 is 35.3 Å². The Morgan fingerprint density at radius 1 is 1.17 bits per heavy atom. The molecule has 4 atom stereocenters. The van der Waals surface area contributed by atoms with E-state index in [-0.39, 0.29) is 17.7 Å². The molecule has 35 heavy (non-hydrogen) atoms. The second-order valence-electron chi connectivity index (χ2n) is 9.81. The fourth-order valence-electron chi connectivity index (χ4n) is 6.59. The zero-order valence-corrected chi connectivity index (χ0v) is 19.6. The number of aliphatic imine (C=N–C) groups is 1. The van der Waals surface area contributed by atoms with E-state index in [4.69, 9.17) is 4.74 Å². The van der Waals surface area contributed by atoms with Crippen molar-refractivity contribution in [2.24, 2.45) is 22.7 Å². The van der Waals surface area contributed by atoms with Crippen LogP contribution in [-0.2, 0) is 25.5 Å². The highest BCUT2D eigenvalue weighted by molar-refractivity contribution is 6.17. The molecule has 1 aromatic carbocycles. The first-order chi connectivity index (χ1) is 16.9. The maximum absolute atomic E-state index is 13.4. The average molecular weight is 475 g/mol. The van der Waals surface area contributed by atoms with Crippen LogP contribution in [0.25, 0.3) is 10.9 Å². The first kappa shape index (κ1) is 21.8. The molecule has 180 valence electrons. The van der Waals surface area contributed by atoms with E-state index in [1.165, 1.54) is 0 Å². The second kappa shape index (κ2) is 7.63. The minimum atomic E-state index is -1.26. The number of aromatic nitrogens is 1. The SMILES string of the molecule is CCC1=C2CC[C@H]3C(=O)NC(=O)[C@H]3[C@H]2[C@@]2(C)C(=NCCc3c[nH]c4ccccc34)OC(=O)N2C1=O. The molecule has 4 heterocycles. The van der Waals surface area contributed by atoms with Gasteiger partial charge in [0, 0.05) is 35.1 Å². The van der Waals surface area contributed by atoms with Crippen LogP contribution in [0.3, 0.4) is 0 Å². The Morgan fingerprint density at radius 3 is 2.77 bits per heavy atom. The zero-order chi connectivity index (χ0) is 24.5. The molecule has 4 aliphatic rings. The molecular formula is C26H26N4O5. The number of hydrogen-bond acceptors (Lipinski definition) is 6. The number of hydrogen-bond donors (Lipinski definition) is 2. The monoisotopic (exact) mass is 474 g/mol. The normalized spacial score (nSPS) is 31.1. The number of fused-ring (bicyclic) bond motifs is 6. The van der Waals surface area contributed by atoms with Gasteiger partial charge in [0.05, 0.1) is 11.8 Å². The summed E-state index contributed by atoms with van der Waals surface area (Å²) in [6.07, 6.45) is 3.24. The minimum Gasteiger partial charge on any atom is -0.393 e. The molecule has 2 N–H and O–H groups in total. The van der Waals surface area contributed by atoms with Crippen LogP contribution < -0.4 is 5.32 Å². The summed E-state index contributed by atoms with van der Waals surface area (Å²) < 4.78 is 5.61. The van der Waals surface area contributed by atoms with Gasteiger partial charge in [-0.05, 0) is 44.2 Å². The highest BCUT2D eigenvalue weighted by atomic mass is 16.6. The number of nitrogens with one attached hydrogen (secondary N) is 2. The molecule has 9 nitrogen and oxygen atoms in total. The number of carbonyl (C=O) groups is 4. The number of benzene rings is 1. The van der Waals surface area contributed by atoms with Crippen LogP contribution in [-0.4, -0.2) is 51.7 Å². The lowest BCUT2D eigenvalue weighted by atomic mass is 9.59. The Labute approximate surface area is 201 Å². The Kier molecular flexibility index (Phi) is 4.74. The van der Waals surface area contributed by atoms with Gasteiger partial charge in [-0.25, -0.2) is 9.69 Å². The minimum absolute atomic E-state index is 0.140. The average Bonchev–Trinajstić information content (AvgIpc) is 3.46. The highest BCUT2D eigenvalue weighted by Crippen LogP contribution is 2.54. The molecule has 1 aromatic heterocycles. The molecule has 2 aromatic rings. The summed E-state index contributed by atoms with van der Waals surface area (Å²) in [6, 6.07) is 7.98.